The number of anilines is 1. The number of benzene rings is 1. The van der Waals surface area contributed by atoms with Gasteiger partial charge in [-0.15, -0.1) is 0 Å². The van der Waals surface area contributed by atoms with Gasteiger partial charge >= 0.3 is 0 Å². The number of piperazine rings is 1. The van der Waals surface area contributed by atoms with Crippen molar-refractivity contribution in [2.75, 3.05) is 38.2 Å². The third-order valence-electron chi connectivity index (χ3n) is 4.60. The van der Waals surface area contributed by atoms with Gasteiger partial charge in [-0.3, -0.25) is 0 Å². The van der Waals surface area contributed by atoms with Crippen LogP contribution < -0.4 is 9.64 Å². The second-order valence-electron chi connectivity index (χ2n) is 5.92. The van der Waals surface area contributed by atoms with Gasteiger partial charge in [-0.1, -0.05) is 6.08 Å². The number of pyridine rings is 1. The third-order valence-corrected chi connectivity index (χ3v) is 4.60. The maximum Gasteiger partial charge on any atom is 0.147 e. The Morgan fingerprint density at radius 1 is 1.17 bits per heavy atom. The molecule has 5 nitrogen and oxygen atoms in total. The summed E-state index contributed by atoms with van der Waals surface area (Å²) in [6, 6.07) is 9.99. The summed E-state index contributed by atoms with van der Waals surface area (Å²) in [6.45, 7) is 3.86. The molecular formula is C18H18N4O. The number of aromatic nitrogens is 1. The highest BCUT2D eigenvalue weighted by Gasteiger charge is 2.26. The number of ether oxygens (including phenoxy) is 1. The predicted molar refractivity (Wildman–Crippen MR) is 89.5 cm³/mol. The number of nitriles is 1. The minimum absolute atomic E-state index is 0.623. The van der Waals surface area contributed by atoms with Crippen molar-refractivity contribution in [3.05, 3.63) is 41.6 Å². The first-order valence-electron chi connectivity index (χ1n) is 7.86. The Kier molecular flexibility index (Phi) is 3.30. The molecule has 1 aromatic heterocycles. The van der Waals surface area contributed by atoms with Gasteiger partial charge in [-0.25, -0.2) is 4.98 Å². The van der Waals surface area contributed by atoms with E-state index in [1.807, 2.05) is 24.3 Å². The first-order valence-corrected chi connectivity index (χ1v) is 7.86. The molecule has 0 saturated carbocycles. The first kappa shape index (κ1) is 13.9. The summed E-state index contributed by atoms with van der Waals surface area (Å²) in [5, 5.41) is 10.5. The lowest BCUT2D eigenvalue weighted by Gasteiger charge is -2.36. The lowest BCUT2D eigenvalue weighted by atomic mass is 10.1. The molecule has 0 radical (unpaired) electrons. The topological polar surface area (TPSA) is 52.4 Å². The molecule has 116 valence electrons. The number of hydrogen-bond donors (Lipinski definition) is 0. The molecule has 2 aromatic rings. The van der Waals surface area contributed by atoms with Crippen LogP contribution in [0, 0.1) is 11.3 Å². The maximum atomic E-state index is 9.55. The van der Waals surface area contributed by atoms with Crippen molar-refractivity contribution in [1.29, 1.82) is 5.26 Å². The highest BCUT2D eigenvalue weighted by molar-refractivity contribution is 5.84. The Labute approximate surface area is 135 Å². The van der Waals surface area contributed by atoms with Crippen molar-refractivity contribution in [1.82, 2.24) is 9.88 Å². The van der Waals surface area contributed by atoms with Crippen molar-refractivity contribution < 1.29 is 4.74 Å². The molecule has 0 atom stereocenters. The fourth-order valence-electron chi connectivity index (χ4n) is 3.37. The Bertz CT molecular complexity index is 837. The summed E-state index contributed by atoms with van der Waals surface area (Å²) in [5.74, 6) is 1.57. The minimum Gasteiger partial charge on any atom is -0.497 e. The number of fused-ring (bicyclic) bond motifs is 2. The van der Waals surface area contributed by atoms with Crippen molar-refractivity contribution in [3.8, 4) is 11.8 Å². The molecule has 4 rings (SSSR count). The van der Waals surface area contributed by atoms with Crippen molar-refractivity contribution >= 4 is 16.7 Å². The maximum absolute atomic E-state index is 9.55. The van der Waals surface area contributed by atoms with E-state index in [4.69, 9.17) is 9.72 Å². The number of methoxy groups -OCH3 is 1. The van der Waals surface area contributed by atoms with E-state index in [9.17, 15) is 5.26 Å². The third kappa shape index (κ3) is 2.36. The van der Waals surface area contributed by atoms with Crippen LogP contribution in [0.4, 0.5) is 5.82 Å². The van der Waals surface area contributed by atoms with E-state index in [-0.39, 0.29) is 0 Å². The molecule has 2 aliphatic heterocycles. The van der Waals surface area contributed by atoms with Gasteiger partial charge < -0.3 is 14.5 Å². The standard InChI is InChI=1S/C18H18N4O/c1-23-16-4-5-17-13(10-16)9-14(11-19)18(20-17)22-8-7-21-6-2-3-15(21)12-22/h3-5,9-10H,2,6-8,12H2,1H3. The van der Waals surface area contributed by atoms with Gasteiger partial charge in [0.1, 0.15) is 17.6 Å². The molecule has 0 amide bonds. The van der Waals surface area contributed by atoms with Crippen LogP contribution >= 0.6 is 0 Å². The molecule has 23 heavy (non-hydrogen) atoms. The van der Waals surface area contributed by atoms with Crippen LogP contribution in [0.2, 0.25) is 0 Å². The average Bonchev–Trinajstić information content (AvgIpc) is 3.07. The van der Waals surface area contributed by atoms with E-state index in [0.717, 1.165) is 55.1 Å². The van der Waals surface area contributed by atoms with Gasteiger partial charge in [0.05, 0.1) is 24.7 Å². The molecular weight excluding hydrogens is 288 g/mol. The molecule has 1 aromatic carbocycles. The quantitative estimate of drug-likeness (QED) is 0.853. The smallest absolute Gasteiger partial charge is 0.147 e. The molecule has 5 heteroatoms. The lowest BCUT2D eigenvalue weighted by Crippen LogP contribution is -2.43. The summed E-state index contributed by atoms with van der Waals surface area (Å²) < 4.78 is 5.26. The monoisotopic (exact) mass is 306 g/mol. The molecule has 1 saturated heterocycles. The van der Waals surface area contributed by atoms with Crippen LogP contribution in [-0.2, 0) is 0 Å². The van der Waals surface area contributed by atoms with Gasteiger partial charge in [-0.2, -0.15) is 5.26 Å². The highest BCUT2D eigenvalue weighted by atomic mass is 16.5. The molecule has 2 aliphatic rings. The van der Waals surface area contributed by atoms with Gasteiger partial charge in [0, 0.05) is 30.7 Å². The second kappa shape index (κ2) is 5.47. The molecule has 0 spiro atoms. The van der Waals surface area contributed by atoms with Crippen molar-refractivity contribution in [2.24, 2.45) is 0 Å². The molecule has 0 aliphatic carbocycles. The average molecular weight is 306 g/mol. The molecule has 0 unspecified atom stereocenters. The minimum atomic E-state index is 0.623. The Morgan fingerprint density at radius 2 is 2.04 bits per heavy atom. The Hall–Kier alpha value is -2.74. The number of rotatable bonds is 2. The van der Waals surface area contributed by atoms with Crippen LogP contribution in [-0.4, -0.2) is 43.2 Å². The highest BCUT2D eigenvalue weighted by Crippen LogP contribution is 2.29. The summed E-state index contributed by atoms with van der Waals surface area (Å²) in [5.41, 5.74) is 2.87. The van der Waals surface area contributed by atoms with Crippen LogP contribution in [0.5, 0.6) is 5.75 Å². The van der Waals surface area contributed by atoms with E-state index in [1.165, 1.54) is 5.70 Å². The fraction of sp³-hybridized carbons (Fsp3) is 0.333. The van der Waals surface area contributed by atoms with E-state index >= 15 is 0 Å². The van der Waals surface area contributed by atoms with Crippen LogP contribution in [0.1, 0.15) is 12.0 Å². The molecule has 1 fully saturated rings. The molecule has 3 heterocycles. The van der Waals surface area contributed by atoms with Crippen LogP contribution in [0.25, 0.3) is 10.9 Å². The van der Waals surface area contributed by atoms with E-state index in [0.29, 0.717) is 5.56 Å². The van der Waals surface area contributed by atoms with Crippen molar-refractivity contribution in [2.45, 2.75) is 6.42 Å². The van der Waals surface area contributed by atoms with E-state index < -0.39 is 0 Å². The van der Waals surface area contributed by atoms with E-state index in [2.05, 4.69) is 21.9 Å². The number of nitrogens with zero attached hydrogens (tertiary/aromatic N) is 4. The van der Waals surface area contributed by atoms with Crippen LogP contribution in [0.3, 0.4) is 0 Å². The zero-order chi connectivity index (χ0) is 15.8. The summed E-state index contributed by atoms with van der Waals surface area (Å²) >= 11 is 0. The largest absolute Gasteiger partial charge is 0.497 e. The molecule has 0 bridgehead atoms. The predicted octanol–water partition coefficient (Wildman–Crippen LogP) is 2.52. The number of hydrogen-bond acceptors (Lipinski definition) is 5. The summed E-state index contributed by atoms with van der Waals surface area (Å²) in [6.07, 6.45) is 3.42. The van der Waals surface area contributed by atoms with E-state index in [1.54, 1.807) is 7.11 Å². The normalized spacial score (nSPS) is 17.0. The van der Waals surface area contributed by atoms with Crippen LogP contribution in [0.15, 0.2) is 36.0 Å². The Morgan fingerprint density at radius 3 is 2.87 bits per heavy atom. The first-order chi connectivity index (χ1) is 11.3. The SMILES string of the molecule is COc1ccc2nc(N3CCN4CCC=C4C3)c(C#N)cc2c1. The fourth-order valence-corrected chi connectivity index (χ4v) is 3.37. The summed E-state index contributed by atoms with van der Waals surface area (Å²) in [4.78, 5) is 9.40. The molecule has 0 N–H and O–H groups in total. The van der Waals surface area contributed by atoms with Gasteiger partial charge in [0.2, 0.25) is 0 Å². The van der Waals surface area contributed by atoms with Gasteiger partial charge in [0.15, 0.2) is 0 Å². The zero-order valence-corrected chi connectivity index (χ0v) is 13.1. The van der Waals surface area contributed by atoms with Gasteiger partial charge in [-0.05, 0) is 30.7 Å². The second-order valence-corrected chi connectivity index (χ2v) is 5.92. The summed E-state index contributed by atoms with van der Waals surface area (Å²) in [7, 11) is 1.64. The zero-order valence-electron chi connectivity index (χ0n) is 13.1. The Balaban J connectivity index is 1.75. The lowest BCUT2D eigenvalue weighted by molar-refractivity contribution is 0.347. The van der Waals surface area contributed by atoms with Gasteiger partial charge in [0.25, 0.3) is 0 Å². The van der Waals surface area contributed by atoms with Crippen molar-refractivity contribution in [3.63, 3.8) is 0 Å².